The lowest BCUT2D eigenvalue weighted by Gasteiger charge is -2.49. The maximum atomic E-state index is 12.6. The summed E-state index contributed by atoms with van der Waals surface area (Å²) in [5.74, 6) is -4.23. The number of carboxylic acids is 2. The van der Waals surface area contributed by atoms with E-state index in [1.165, 1.54) is 4.72 Å². The van der Waals surface area contributed by atoms with Crippen LogP contribution in [0.25, 0.3) is 0 Å². The van der Waals surface area contributed by atoms with E-state index in [0.717, 1.165) is 0 Å². The second kappa shape index (κ2) is 24.3. The molecule has 5 fully saturated rings. The van der Waals surface area contributed by atoms with Crippen LogP contribution >= 0.6 is 0 Å². The molecule has 5 heterocycles. The summed E-state index contributed by atoms with van der Waals surface area (Å²) < 4.78 is 193. The molecule has 20 N–H and O–H groups in total. The van der Waals surface area contributed by atoms with Gasteiger partial charge < -0.3 is 110 Å². The van der Waals surface area contributed by atoms with Gasteiger partial charge in [0, 0.05) is 0 Å². The van der Waals surface area contributed by atoms with Gasteiger partial charge in [-0.05, 0) is 0 Å². The molecule has 25 atom stereocenters. The highest BCUT2D eigenvalue weighted by Crippen LogP contribution is 2.37. The molecular weight excluding hydrogens is 1120 g/mol. The standard InChI is InChI=1S/C30H51N3O37S4/c31-7-18(69-73(53,54)55)16(4(1-34)60-26(7)46)63-29-14(40)12(38)20(22(67-29)24(42)43)65-27-8(32)19(70-74(56,57)58)17(5(2-35)61-27)64-30-15(41)13(39)21(23(68-30)25(44)45)66-28-9(33-71(47,48)49)11(37)10(36)6(62-28)3-59-72(50,51)52/h4-23,26-30,33-41,46H,1-3,31-32H2,(H,42,43)(H,44,45)(H,47,48,49)(H,50,51,52)(H,53,54,55)(H,56,57,58)/t4-,5-,6-,7-,8-,9-,10-,11-,12-,13-,14-,15-,16-,17-,18-,19-,20+,21+,22-,23+,26+,27-,28-,29-,30-/m1/s1. The SMILES string of the molecule is N[C@@H]1[C@@H](OS(=O)(=O)O)[C@H](O[C@@H]2O[C@@H](C(=O)O)[C@@H](O[C@H]3O[C@H](CO)[C@@H](O[C@@H]4O[C@H](C(=O)O)[C@@H](O[C@H]5O[C@H](COS(=O)(=O)O)[C@@H](O)[C@H](O)[C@H]5NS(=O)(=O)O)[C@H](O)[C@H]4O)[C@H](OS(=O)(=O)O)[C@H]3N)[C@H](O)[C@H]2O)[C@@H](CO)O[C@@H]1O. The van der Waals surface area contributed by atoms with Crippen molar-refractivity contribution in [3.8, 4) is 0 Å². The Hall–Kier alpha value is -2.38. The van der Waals surface area contributed by atoms with Crippen molar-refractivity contribution in [2.24, 2.45) is 11.5 Å². The lowest BCUT2D eigenvalue weighted by Crippen LogP contribution is -2.70. The Labute approximate surface area is 414 Å². The van der Waals surface area contributed by atoms with Crippen LogP contribution in [0.3, 0.4) is 0 Å². The fraction of sp³-hybridized carbons (Fsp3) is 0.933. The lowest BCUT2D eigenvalue weighted by atomic mass is 9.94. The van der Waals surface area contributed by atoms with E-state index < -0.39 is 227 Å². The van der Waals surface area contributed by atoms with Crippen LogP contribution in [0.1, 0.15) is 0 Å². The van der Waals surface area contributed by atoms with Gasteiger partial charge in [-0.25, -0.2) is 22.1 Å². The summed E-state index contributed by atoms with van der Waals surface area (Å²) in [5.41, 5.74) is 11.9. The quantitative estimate of drug-likeness (QED) is 0.0475. The molecule has 0 bridgehead atoms. The topological polar surface area (TPSA) is 649 Å². The van der Waals surface area contributed by atoms with E-state index in [1.807, 2.05) is 0 Å². The van der Waals surface area contributed by atoms with Crippen molar-refractivity contribution in [3.05, 3.63) is 0 Å². The van der Waals surface area contributed by atoms with Crippen LogP contribution in [0.15, 0.2) is 0 Å². The number of hydrogen-bond donors (Lipinski definition) is 18. The molecule has 0 aliphatic carbocycles. The van der Waals surface area contributed by atoms with Crippen LogP contribution in [0.4, 0.5) is 0 Å². The zero-order valence-corrected chi connectivity index (χ0v) is 39.8. The summed E-state index contributed by atoms with van der Waals surface area (Å²) in [6.07, 6.45) is -52.8. The molecule has 0 aromatic rings. The van der Waals surface area contributed by atoms with Gasteiger partial charge in [-0.15, -0.1) is 0 Å². The average molecular weight is 1170 g/mol. The number of rotatable bonds is 21. The summed E-state index contributed by atoms with van der Waals surface area (Å²) in [7, 11) is -21.9. The Morgan fingerprint density at radius 2 is 0.878 bits per heavy atom. The zero-order valence-electron chi connectivity index (χ0n) is 36.5. The van der Waals surface area contributed by atoms with Gasteiger partial charge in [0.1, 0.15) is 97.6 Å². The lowest BCUT2D eigenvalue weighted by molar-refractivity contribution is -0.373. The first-order chi connectivity index (χ1) is 34.0. The number of nitrogens with two attached hydrogens (primary N) is 2. The Morgan fingerprint density at radius 1 is 0.473 bits per heavy atom. The number of aliphatic carboxylic acids is 2. The molecule has 0 unspecified atom stereocenters. The van der Waals surface area contributed by atoms with E-state index in [4.69, 9.17) is 58.7 Å². The minimum atomic E-state index is -5.77. The molecule has 5 saturated heterocycles. The second-order valence-corrected chi connectivity index (χ2v) is 20.7. The normalized spacial score (nSPS) is 43.9. The van der Waals surface area contributed by atoms with E-state index >= 15 is 0 Å². The van der Waals surface area contributed by atoms with Crippen LogP contribution in [-0.4, -0.2) is 293 Å². The monoisotopic (exact) mass is 1170 g/mol. The predicted molar refractivity (Wildman–Crippen MR) is 215 cm³/mol. The van der Waals surface area contributed by atoms with E-state index in [-0.39, 0.29) is 0 Å². The van der Waals surface area contributed by atoms with Gasteiger partial charge in [-0.1, -0.05) is 0 Å². The molecule has 0 radical (unpaired) electrons. The number of ether oxygens (including phenoxy) is 9. The molecule has 432 valence electrons. The molecule has 0 spiro atoms. The Balaban J connectivity index is 1.39. The molecular formula is C30H51N3O37S4. The number of aliphatic hydroxyl groups is 9. The highest BCUT2D eigenvalue weighted by Gasteiger charge is 2.59. The summed E-state index contributed by atoms with van der Waals surface area (Å²) in [4.78, 5) is 25.1. The number of aliphatic hydroxyl groups excluding tert-OH is 9. The van der Waals surface area contributed by atoms with Crippen molar-refractivity contribution < 1.29 is 173 Å². The molecule has 5 rings (SSSR count). The van der Waals surface area contributed by atoms with Crippen LogP contribution in [-0.2, 0) is 106 Å². The van der Waals surface area contributed by atoms with Crippen LogP contribution in [0.2, 0.25) is 0 Å². The van der Waals surface area contributed by atoms with Gasteiger partial charge in [0.15, 0.2) is 43.7 Å². The molecule has 74 heavy (non-hydrogen) atoms. The van der Waals surface area contributed by atoms with Crippen LogP contribution < -0.4 is 16.2 Å². The first kappa shape index (κ1) is 62.5. The minimum absolute atomic E-state index is 1.14. The van der Waals surface area contributed by atoms with Gasteiger partial charge in [0.25, 0.3) is 0 Å². The van der Waals surface area contributed by atoms with E-state index in [1.54, 1.807) is 0 Å². The number of nitrogens with one attached hydrogen (secondary N) is 1. The zero-order chi connectivity index (χ0) is 55.9. The Bertz CT molecular complexity index is 2390. The first-order valence-electron chi connectivity index (χ1n) is 20.5. The van der Waals surface area contributed by atoms with Crippen molar-refractivity contribution in [2.75, 3.05) is 19.8 Å². The number of hydrogen-bond acceptors (Lipinski definition) is 33. The molecule has 5 aliphatic rings. The van der Waals surface area contributed by atoms with Crippen molar-refractivity contribution in [2.45, 2.75) is 153 Å². The van der Waals surface area contributed by atoms with Crippen LogP contribution in [0, 0.1) is 0 Å². The predicted octanol–water partition coefficient (Wildman–Crippen LogP) is -12.9. The van der Waals surface area contributed by atoms with E-state index in [2.05, 4.69) is 12.5 Å². The van der Waals surface area contributed by atoms with E-state index in [9.17, 15) is 113 Å². The third kappa shape index (κ3) is 15.2. The second-order valence-electron chi connectivity index (χ2n) is 16.4. The smallest absolute Gasteiger partial charge is 0.397 e. The van der Waals surface area contributed by atoms with Crippen LogP contribution in [0.5, 0.6) is 0 Å². The molecule has 44 heteroatoms. The Morgan fingerprint density at radius 3 is 1.28 bits per heavy atom. The van der Waals surface area contributed by atoms with Gasteiger partial charge in [-0.3, -0.25) is 18.2 Å². The van der Waals surface area contributed by atoms with E-state index in [0.29, 0.717) is 0 Å². The Kier molecular flexibility index (Phi) is 20.5. The molecule has 0 saturated carbocycles. The maximum Gasteiger partial charge on any atom is 0.397 e. The molecule has 0 aromatic heterocycles. The van der Waals surface area contributed by atoms with Crippen molar-refractivity contribution in [1.29, 1.82) is 0 Å². The maximum absolute atomic E-state index is 12.6. The van der Waals surface area contributed by atoms with Gasteiger partial charge in [0.05, 0.1) is 31.9 Å². The third-order valence-corrected chi connectivity index (χ3v) is 13.3. The highest BCUT2D eigenvalue weighted by molar-refractivity contribution is 7.83. The average Bonchev–Trinajstić information content (AvgIpc) is 3.27. The van der Waals surface area contributed by atoms with Crippen molar-refractivity contribution >= 4 is 53.4 Å². The summed E-state index contributed by atoms with van der Waals surface area (Å²) in [6, 6.07) is -6.61. The molecule has 0 amide bonds. The fourth-order valence-electron chi connectivity index (χ4n) is 7.99. The van der Waals surface area contributed by atoms with Crippen molar-refractivity contribution in [3.63, 3.8) is 0 Å². The first-order valence-corrected chi connectivity index (χ1v) is 26.0. The number of carboxylic acid groups (broad SMARTS) is 2. The summed E-state index contributed by atoms with van der Waals surface area (Å²) >= 11 is 0. The van der Waals surface area contributed by atoms with Crippen molar-refractivity contribution in [1.82, 2.24) is 4.72 Å². The minimum Gasteiger partial charge on any atom is -0.479 e. The largest absolute Gasteiger partial charge is 0.479 e. The third-order valence-electron chi connectivity index (χ3n) is 11.3. The fourth-order valence-corrected chi connectivity index (χ4v) is 9.92. The van der Waals surface area contributed by atoms with Gasteiger partial charge in [0.2, 0.25) is 0 Å². The molecule has 40 nitrogen and oxygen atoms in total. The number of carbonyl (C=O) groups is 2. The summed E-state index contributed by atoms with van der Waals surface area (Å²) in [5, 5.41) is 116. The summed E-state index contributed by atoms with van der Waals surface area (Å²) in [6.45, 7) is -3.91. The molecule has 0 aromatic carbocycles. The van der Waals surface area contributed by atoms with Gasteiger partial charge in [-0.2, -0.15) is 38.4 Å². The molecule has 5 aliphatic heterocycles. The van der Waals surface area contributed by atoms with Gasteiger partial charge >= 0.3 is 53.4 Å². The highest BCUT2D eigenvalue weighted by atomic mass is 32.3.